The summed E-state index contributed by atoms with van der Waals surface area (Å²) in [5.41, 5.74) is 0.691. The number of carbonyl (C=O) groups excluding carboxylic acids is 1. The maximum Gasteiger partial charge on any atom is 0.339 e. The van der Waals surface area contributed by atoms with Gasteiger partial charge in [-0.15, -0.1) is 0 Å². The van der Waals surface area contributed by atoms with Crippen molar-refractivity contribution in [2.45, 2.75) is 11.4 Å². The topological polar surface area (TPSA) is 90.9 Å². The van der Waals surface area contributed by atoms with Crippen LogP contribution in [0.25, 0.3) is 0 Å². The fourth-order valence-corrected chi connectivity index (χ4v) is 3.64. The molecule has 7 nitrogen and oxygen atoms in total. The molecule has 138 valence electrons. The van der Waals surface area contributed by atoms with E-state index in [-0.39, 0.29) is 22.0 Å². The quantitative estimate of drug-likeness (QED) is 0.779. The van der Waals surface area contributed by atoms with Crippen LogP contribution in [0.2, 0.25) is 5.02 Å². The van der Waals surface area contributed by atoms with Crippen molar-refractivity contribution in [2.75, 3.05) is 20.3 Å². The van der Waals surface area contributed by atoms with E-state index in [9.17, 15) is 13.2 Å². The smallest absolute Gasteiger partial charge is 0.339 e. The first-order valence-electron chi connectivity index (χ1n) is 7.67. The second kappa shape index (κ2) is 7.53. The Balaban J connectivity index is 1.78. The number of hydrogen-bond donors (Lipinski definition) is 1. The van der Waals surface area contributed by atoms with Gasteiger partial charge < -0.3 is 14.2 Å². The Morgan fingerprint density at radius 3 is 2.62 bits per heavy atom. The predicted octanol–water partition coefficient (Wildman–Crippen LogP) is 2.38. The highest BCUT2D eigenvalue weighted by molar-refractivity contribution is 7.89. The summed E-state index contributed by atoms with van der Waals surface area (Å²) in [4.78, 5) is 11.6. The van der Waals surface area contributed by atoms with Crippen LogP contribution < -0.4 is 14.2 Å². The van der Waals surface area contributed by atoms with Crippen LogP contribution in [0.15, 0.2) is 41.3 Å². The maximum absolute atomic E-state index is 12.5. The molecule has 0 radical (unpaired) electrons. The summed E-state index contributed by atoms with van der Waals surface area (Å²) in [7, 11) is -2.65. The average Bonchev–Trinajstić information content (AvgIpc) is 2.66. The average molecular weight is 398 g/mol. The molecule has 0 saturated heterocycles. The van der Waals surface area contributed by atoms with Gasteiger partial charge >= 0.3 is 5.97 Å². The minimum absolute atomic E-state index is 0.0172. The summed E-state index contributed by atoms with van der Waals surface area (Å²) < 4.78 is 43.0. The number of sulfonamides is 1. The molecule has 1 N–H and O–H groups in total. The number of halogens is 1. The van der Waals surface area contributed by atoms with E-state index in [2.05, 4.69) is 9.46 Å². The number of nitrogens with one attached hydrogen (secondary N) is 1. The highest BCUT2D eigenvalue weighted by Gasteiger charge is 2.19. The molecule has 0 bridgehead atoms. The summed E-state index contributed by atoms with van der Waals surface area (Å²) in [6, 6.07) is 9.04. The molecule has 2 aromatic carbocycles. The van der Waals surface area contributed by atoms with Crippen LogP contribution in [-0.2, 0) is 21.3 Å². The molecule has 9 heteroatoms. The van der Waals surface area contributed by atoms with Crippen molar-refractivity contribution in [1.29, 1.82) is 0 Å². The lowest BCUT2D eigenvalue weighted by Gasteiger charge is -2.19. The summed E-state index contributed by atoms with van der Waals surface area (Å²) >= 11 is 5.92. The van der Waals surface area contributed by atoms with Gasteiger partial charge in [0.25, 0.3) is 0 Å². The number of esters is 1. The van der Waals surface area contributed by atoms with E-state index in [0.29, 0.717) is 30.3 Å². The zero-order valence-electron chi connectivity index (χ0n) is 13.8. The van der Waals surface area contributed by atoms with Gasteiger partial charge in [0.2, 0.25) is 10.0 Å². The zero-order valence-corrected chi connectivity index (χ0v) is 15.4. The number of ether oxygens (including phenoxy) is 3. The Morgan fingerprint density at radius 1 is 1.15 bits per heavy atom. The minimum atomic E-state index is -3.85. The van der Waals surface area contributed by atoms with E-state index in [1.165, 1.54) is 25.3 Å². The van der Waals surface area contributed by atoms with Crippen molar-refractivity contribution in [3.63, 3.8) is 0 Å². The van der Waals surface area contributed by atoms with Crippen LogP contribution in [0.3, 0.4) is 0 Å². The Labute approximate surface area is 155 Å². The summed E-state index contributed by atoms with van der Waals surface area (Å²) in [6.45, 7) is 0.983. The molecule has 0 aliphatic carbocycles. The lowest BCUT2D eigenvalue weighted by Crippen LogP contribution is -2.24. The first-order valence-corrected chi connectivity index (χ1v) is 9.53. The highest BCUT2D eigenvalue weighted by atomic mass is 35.5. The van der Waals surface area contributed by atoms with Crippen molar-refractivity contribution >= 4 is 27.6 Å². The molecular formula is C17H16ClNO6S. The van der Waals surface area contributed by atoms with Crippen LogP contribution in [-0.4, -0.2) is 34.7 Å². The number of hydrogen-bond acceptors (Lipinski definition) is 6. The first kappa shape index (κ1) is 18.5. The SMILES string of the molecule is COC(=O)c1cc(S(=O)(=O)NCc2ccc3c(c2)OCCO3)ccc1Cl. The van der Waals surface area contributed by atoms with E-state index in [4.69, 9.17) is 21.1 Å². The standard InChI is InChI=1S/C17H16ClNO6S/c1-23-17(20)13-9-12(3-4-14(13)18)26(21,22)19-10-11-2-5-15-16(8-11)25-7-6-24-15/h2-5,8-9,19H,6-7,10H2,1H3. The number of rotatable bonds is 5. The second-order valence-corrected chi connectivity index (χ2v) is 7.61. The Bertz CT molecular complexity index is 944. The molecule has 26 heavy (non-hydrogen) atoms. The van der Waals surface area contributed by atoms with Crippen molar-refractivity contribution < 1.29 is 27.4 Å². The van der Waals surface area contributed by atoms with Gasteiger partial charge in [0, 0.05) is 6.54 Å². The normalized spacial score (nSPS) is 13.3. The van der Waals surface area contributed by atoms with Crippen LogP contribution in [0.5, 0.6) is 11.5 Å². The molecule has 1 heterocycles. The molecule has 2 aromatic rings. The predicted molar refractivity (Wildman–Crippen MR) is 94.2 cm³/mol. The minimum Gasteiger partial charge on any atom is -0.486 e. The van der Waals surface area contributed by atoms with Gasteiger partial charge in [-0.25, -0.2) is 17.9 Å². The molecule has 0 unspecified atom stereocenters. The van der Waals surface area contributed by atoms with E-state index in [1.807, 2.05) is 0 Å². The van der Waals surface area contributed by atoms with Crippen LogP contribution in [0, 0.1) is 0 Å². The van der Waals surface area contributed by atoms with Crippen molar-refractivity contribution in [3.8, 4) is 11.5 Å². The van der Waals surface area contributed by atoms with E-state index < -0.39 is 16.0 Å². The number of fused-ring (bicyclic) bond motifs is 1. The molecule has 0 atom stereocenters. The van der Waals surface area contributed by atoms with Crippen LogP contribution in [0.1, 0.15) is 15.9 Å². The van der Waals surface area contributed by atoms with Gasteiger partial charge in [-0.1, -0.05) is 17.7 Å². The van der Waals surface area contributed by atoms with E-state index >= 15 is 0 Å². The van der Waals surface area contributed by atoms with Crippen molar-refractivity contribution in [1.82, 2.24) is 4.72 Å². The number of benzene rings is 2. The van der Waals surface area contributed by atoms with E-state index in [1.54, 1.807) is 18.2 Å². The Morgan fingerprint density at radius 2 is 1.88 bits per heavy atom. The fourth-order valence-electron chi connectivity index (χ4n) is 2.40. The third-order valence-corrected chi connectivity index (χ3v) is 5.45. The number of methoxy groups -OCH3 is 1. The summed E-state index contributed by atoms with van der Waals surface area (Å²) in [6.07, 6.45) is 0. The lowest BCUT2D eigenvalue weighted by molar-refractivity contribution is 0.0600. The molecule has 3 rings (SSSR count). The molecular weight excluding hydrogens is 382 g/mol. The maximum atomic E-state index is 12.5. The Kier molecular flexibility index (Phi) is 5.36. The van der Waals surface area contributed by atoms with Gasteiger partial charge in [0.1, 0.15) is 13.2 Å². The molecule has 0 saturated carbocycles. The summed E-state index contributed by atoms with van der Waals surface area (Å²) in [5, 5.41) is 0.114. The van der Waals surface area contributed by atoms with Gasteiger partial charge in [-0.05, 0) is 35.9 Å². The molecule has 0 amide bonds. The van der Waals surface area contributed by atoms with Crippen molar-refractivity contribution in [3.05, 3.63) is 52.5 Å². The van der Waals surface area contributed by atoms with Crippen molar-refractivity contribution in [2.24, 2.45) is 0 Å². The molecule has 0 fully saturated rings. The molecule has 0 aromatic heterocycles. The second-order valence-electron chi connectivity index (χ2n) is 5.44. The molecule has 1 aliphatic heterocycles. The fraction of sp³-hybridized carbons (Fsp3) is 0.235. The summed E-state index contributed by atoms with van der Waals surface area (Å²) in [5.74, 6) is 0.495. The lowest BCUT2D eigenvalue weighted by atomic mass is 10.2. The van der Waals surface area contributed by atoms with Gasteiger partial charge in [-0.2, -0.15) is 0 Å². The number of carbonyl (C=O) groups is 1. The van der Waals surface area contributed by atoms with Crippen LogP contribution >= 0.6 is 11.6 Å². The largest absolute Gasteiger partial charge is 0.486 e. The molecule has 1 aliphatic rings. The monoisotopic (exact) mass is 397 g/mol. The van der Waals surface area contributed by atoms with Gasteiger partial charge in [0.05, 0.1) is 22.6 Å². The van der Waals surface area contributed by atoms with Gasteiger partial charge in [0.15, 0.2) is 11.5 Å². The van der Waals surface area contributed by atoms with E-state index in [0.717, 1.165) is 0 Å². The van der Waals surface area contributed by atoms with Crippen LogP contribution in [0.4, 0.5) is 0 Å². The molecule has 0 spiro atoms. The highest BCUT2D eigenvalue weighted by Crippen LogP contribution is 2.30. The first-order chi connectivity index (χ1) is 12.4. The third-order valence-electron chi connectivity index (χ3n) is 3.73. The third kappa shape index (κ3) is 3.92. The Hall–Kier alpha value is -2.29. The van der Waals surface area contributed by atoms with Gasteiger partial charge in [-0.3, -0.25) is 0 Å². The zero-order chi connectivity index (χ0) is 18.7.